The molecule has 18 heavy (non-hydrogen) atoms. The molecule has 0 saturated heterocycles. The van der Waals surface area contributed by atoms with Crippen molar-refractivity contribution < 1.29 is 9.53 Å². The molecule has 0 aromatic heterocycles. The quantitative estimate of drug-likeness (QED) is 0.816. The Labute approximate surface area is 109 Å². The maximum absolute atomic E-state index is 12.0. The van der Waals surface area contributed by atoms with Gasteiger partial charge in [0, 0.05) is 12.6 Å². The average molecular weight is 250 g/mol. The van der Waals surface area contributed by atoms with Gasteiger partial charge in [-0.2, -0.15) is 0 Å². The van der Waals surface area contributed by atoms with Crippen LogP contribution in [0, 0.1) is 0 Å². The lowest BCUT2D eigenvalue weighted by molar-refractivity contribution is -0.136. The highest BCUT2D eigenvalue weighted by atomic mass is 16.5. The molecule has 2 N–H and O–H groups in total. The van der Waals surface area contributed by atoms with Gasteiger partial charge in [-0.15, -0.1) is 0 Å². The second-order valence-electron chi connectivity index (χ2n) is 4.95. The number of rotatable bonds is 5. The van der Waals surface area contributed by atoms with Crippen molar-refractivity contribution in [3.8, 4) is 5.75 Å². The number of para-hydroxylation sites is 2. The molecule has 0 heterocycles. The van der Waals surface area contributed by atoms with E-state index in [0.717, 1.165) is 6.42 Å². The van der Waals surface area contributed by atoms with Gasteiger partial charge >= 0.3 is 0 Å². The van der Waals surface area contributed by atoms with Crippen LogP contribution in [0.5, 0.6) is 5.75 Å². The molecule has 1 aromatic carbocycles. The zero-order valence-electron chi connectivity index (χ0n) is 11.6. The minimum atomic E-state index is -0.164. The second-order valence-corrected chi connectivity index (χ2v) is 4.95. The smallest absolute Gasteiger partial charge is 0.260 e. The van der Waals surface area contributed by atoms with Crippen LogP contribution in [0.1, 0.15) is 27.2 Å². The zero-order valence-corrected chi connectivity index (χ0v) is 11.6. The van der Waals surface area contributed by atoms with Crippen LogP contribution in [0.25, 0.3) is 0 Å². The van der Waals surface area contributed by atoms with Crippen molar-refractivity contribution in [1.82, 2.24) is 4.90 Å². The van der Waals surface area contributed by atoms with Crippen molar-refractivity contribution in [3.05, 3.63) is 24.3 Å². The van der Waals surface area contributed by atoms with Crippen LogP contribution in [0.3, 0.4) is 0 Å². The molecule has 100 valence electrons. The molecule has 0 spiro atoms. The van der Waals surface area contributed by atoms with Crippen LogP contribution in [0.15, 0.2) is 24.3 Å². The number of amides is 1. The number of carbonyl (C=O) groups is 1. The Morgan fingerprint density at radius 3 is 2.56 bits per heavy atom. The van der Waals surface area contributed by atoms with Gasteiger partial charge in [0.2, 0.25) is 0 Å². The van der Waals surface area contributed by atoms with Crippen LogP contribution in [0.4, 0.5) is 5.69 Å². The summed E-state index contributed by atoms with van der Waals surface area (Å²) in [4.78, 5) is 13.7. The van der Waals surface area contributed by atoms with Gasteiger partial charge in [0.05, 0.1) is 5.69 Å². The van der Waals surface area contributed by atoms with Crippen LogP contribution < -0.4 is 10.5 Å². The Balaban J connectivity index is 2.59. The molecule has 0 unspecified atom stereocenters. The molecule has 0 radical (unpaired) electrons. The lowest BCUT2D eigenvalue weighted by Gasteiger charge is -2.34. The lowest BCUT2D eigenvalue weighted by Crippen LogP contribution is -2.46. The van der Waals surface area contributed by atoms with E-state index in [-0.39, 0.29) is 18.1 Å². The Morgan fingerprint density at radius 1 is 1.39 bits per heavy atom. The lowest BCUT2D eigenvalue weighted by atomic mass is 10.00. The van der Waals surface area contributed by atoms with Gasteiger partial charge < -0.3 is 15.4 Å². The summed E-state index contributed by atoms with van der Waals surface area (Å²) in [5.41, 5.74) is 6.13. The van der Waals surface area contributed by atoms with E-state index >= 15 is 0 Å². The number of nitrogens with two attached hydrogens (primary N) is 1. The fraction of sp³-hybridized carbons (Fsp3) is 0.500. The first kappa shape index (κ1) is 14.4. The largest absolute Gasteiger partial charge is 0.482 e. The molecule has 0 saturated carbocycles. The molecule has 1 amide bonds. The number of carbonyl (C=O) groups excluding carboxylic acids is 1. The molecule has 0 fully saturated rings. The molecule has 1 rings (SSSR count). The number of hydrogen-bond acceptors (Lipinski definition) is 3. The van der Waals surface area contributed by atoms with Gasteiger partial charge in [0.1, 0.15) is 5.75 Å². The van der Waals surface area contributed by atoms with Crippen molar-refractivity contribution in [2.75, 3.05) is 19.4 Å². The number of anilines is 1. The molecular weight excluding hydrogens is 228 g/mol. The second kappa shape index (κ2) is 5.76. The summed E-state index contributed by atoms with van der Waals surface area (Å²) in [6.45, 7) is 6.12. The minimum Gasteiger partial charge on any atom is -0.482 e. The van der Waals surface area contributed by atoms with Crippen molar-refractivity contribution >= 4 is 11.6 Å². The van der Waals surface area contributed by atoms with Crippen molar-refractivity contribution in [2.24, 2.45) is 0 Å². The van der Waals surface area contributed by atoms with Gasteiger partial charge in [-0.1, -0.05) is 19.1 Å². The van der Waals surface area contributed by atoms with Gasteiger partial charge in [-0.05, 0) is 32.4 Å². The maximum Gasteiger partial charge on any atom is 0.260 e. The zero-order chi connectivity index (χ0) is 13.8. The number of benzene rings is 1. The van der Waals surface area contributed by atoms with E-state index in [2.05, 4.69) is 6.92 Å². The first-order chi connectivity index (χ1) is 8.38. The average Bonchev–Trinajstić information content (AvgIpc) is 2.36. The first-order valence-electron chi connectivity index (χ1n) is 6.12. The molecule has 0 aliphatic heterocycles. The Hall–Kier alpha value is -1.71. The van der Waals surface area contributed by atoms with E-state index in [1.54, 1.807) is 24.1 Å². The molecule has 0 aliphatic carbocycles. The predicted octanol–water partition coefficient (Wildman–Crippen LogP) is 2.29. The fourth-order valence-corrected chi connectivity index (χ4v) is 1.42. The van der Waals surface area contributed by atoms with Gasteiger partial charge in [-0.3, -0.25) is 4.79 Å². The third-order valence-electron chi connectivity index (χ3n) is 3.42. The van der Waals surface area contributed by atoms with E-state index < -0.39 is 0 Å². The topological polar surface area (TPSA) is 55.6 Å². The summed E-state index contributed by atoms with van der Waals surface area (Å²) in [5, 5.41) is 0. The number of ether oxygens (including phenoxy) is 1. The van der Waals surface area contributed by atoms with E-state index in [9.17, 15) is 4.79 Å². The molecule has 4 nitrogen and oxygen atoms in total. The summed E-state index contributed by atoms with van der Waals surface area (Å²) in [5.74, 6) is 0.499. The Kier molecular flexibility index (Phi) is 4.59. The third kappa shape index (κ3) is 3.39. The monoisotopic (exact) mass is 250 g/mol. The number of nitrogens with zero attached hydrogens (tertiary/aromatic N) is 1. The van der Waals surface area contributed by atoms with Gasteiger partial charge in [0.15, 0.2) is 6.61 Å². The fourth-order valence-electron chi connectivity index (χ4n) is 1.42. The minimum absolute atomic E-state index is 0.00808. The van der Waals surface area contributed by atoms with E-state index in [1.165, 1.54) is 0 Å². The van der Waals surface area contributed by atoms with Gasteiger partial charge in [0.25, 0.3) is 5.91 Å². The molecule has 0 atom stereocenters. The van der Waals surface area contributed by atoms with Crippen LogP contribution in [-0.4, -0.2) is 30.0 Å². The van der Waals surface area contributed by atoms with Crippen LogP contribution in [-0.2, 0) is 4.79 Å². The van der Waals surface area contributed by atoms with Gasteiger partial charge in [-0.25, -0.2) is 0 Å². The van der Waals surface area contributed by atoms with Crippen LogP contribution in [0.2, 0.25) is 0 Å². The summed E-state index contributed by atoms with van der Waals surface area (Å²) < 4.78 is 5.44. The van der Waals surface area contributed by atoms with Crippen LogP contribution >= 0.6 is 0 Å². The number of hydrogen-bond donors (Lipinski definition) is 1. The SMILES string of the molecule is CCC(C)(C)N(C)C(=O)COc1ccccc1N. The molecule has 0 bridgehead atoms. The summed E-state index contributed by atoms with van der Waals surface area (Å²) in [6.07, 6.45) is 0.892. The standard InChI is InChI=1S/C14H22N2O2/c1-5-14(2,3)16(4)13(17)10-18-12-9-7-6-8-11(12)15/h6-9H,5,10,15H2,1-4H3. The highest BCUT2D eigenvalue weighted by molar-refractivity contribution is 5.78. The van der Waals surface area contributed by atoms with Crippen molar-refractivity contribution in [2.45, 2.75) is 32.7 Å². The number of nitrogen functional groups attached to an aromatic ring is 1. The molecular formula is C14H22N2O2. The Bertz CT molecular complexity index is 416. The van der Waals surface area contributed by atoms with E-state index in [0.29, 0.717) is 11.4 Å². The van der Waals surface area contributed by atoms with Crippen molar-refractivity contribution in [3.63, 3.8) is 0 Å². The molecule has 4 heteroatoms. The highest BCUT2D eigenvalue weighted by Crippen LogP contribution is 2.21. The maximum atomic E-state index is 12.0. The predicted molar refractivity (Wildman–Crippen MR) is 73.5 cm³/mol. The molecule has 0 aliphatic rings. The van der Waals surface area contributed by atoms with Crippen molar-refractivity contribution in [1.29, 1.82) is 0 Å². The third-order valence-corrected chi connectivity index (χ3v) is 3.42. The van der Waals surface area contributed by atoms with E-state index in [1.807, 2.05) is 26.0 Å². The Morgan fingerprint density at radius 2 is 2.00 bits per heavy atom. The summed E-state index contributed by atoms with van der Waals surface area (Å²) in [7, 11) is 1.80. The summed E-state index contributed by atoms with van der Waals surface area (Å²) in [6, 6.07) is 7.17. The first-order valence-corrected chi connectivity index (χ1v) is 6.12. The van der Waals surface area contributed by atoms with E-state index in [4.69, 9.17) is 10.5 Å². The summed E-state index contributed by atoms with van der Waals surface area (Å²) >= 11 is 0. The highest BCUT2D eigenvalue weighted by Gasteiger charge is 2.25. The normalized spacial score (nSPS) is 11.1. The molecule has 1 aromatic rings. The number of likely N-dealkylation sites (N-methyl/N-ethyl adjacent to an activating group) is 1.